The zero-order valence-electron chi connectivity index (χ0n) is 14.3. The number of para-hydroxylation sites is 1. The van der Waals surface area contributed by atoms with Crippen molar-refractivity contribution < 1.29 is 18.0 Å². The van der Waals surface area contributed by atoms with Crippen molar-refractivity contribution >= 4 is 23.0 Å². The Balaban J connectivity index is 1.74. The summed E-state index contributed by atoms with van der Waals surface area (Å²) in [6, 6.07) is 15.4. The predicted octanol–water partition coefficient (Wildman–Crippen LogP) is 5.40. The van der Waals surface area contributed by atoms with Crippen LogP contribution in [0.3, 0.4) is 0 Å². The summed E-state index contributed by atoms with van der Waals surface area (Å²) in [6.45, 7) is 1.91. The first-order valence-electron chi connectivity index (χ1n) is 8.10. The highest BCUT2D eigenvalue weighted by Crippen LogP contribution is 2.35. The Morgan fingerprint density at radius 2 is 1.74 bits per heavy atom. The van der Waals surface area contributed by atoms with Crippen molar-refractivity contribution in [2.75, 3.05) is 10.6 Å². The SMILES string of the molecule is Cc1cccc(NC(=O)c2ccc(Nc3ccccc3C(F)(F)F)cn2)c1. The van der Waals surface area contributed by atoms with Crippen LogP contribution in [0.15, 0.2) is 66.9 Å². The lowest BCUT2D eigenvalue weighted by Gasteiger charge is -2.14. The number of aromatic nitrogens is 1. The smallest absolute Gasteiger partial charge is 0.354 e. The second kappa shape index (κ2) is 7.49. The van der Waals surface area contributed by atoms with Crippen LogP contribution >= 0.6 is 0 Å². The van der Waals surface area contributed by atoms with Gasteiger partial charge in [-0.2, -0.15) is 13.2 Å². The zero-order valence-corrected chi connectivity index (χ0v) is 14.3. The van der Waals surface area contributed by atoms with E-state index in [4.69, 9.17) is 0 Å². The van der Waals surface area contributed by atoms with Gasteiger partial charge < -0.3 is 10.6 Å². The van der Waals surface area contributed by atoms with Gasteiger partial charge in [-0.05, 0) is 48.9 Å². The first kappa shape index (κ1) is 18.4. The molecule has 0 bridgehead atoms. The second-order valence-corrected chi connectivity index (χ2v) is 5.92. The van der Waals surface area contributed by atoms with Gasteiger partial charge in [-0.25, -0.2) is 4.98 Å². The molecule has 0 saturated heterocycles. The van der Waals surface area contributed by atoms with Crippen LogP contribution in [0.25, 0.3) is 0 Å². The van der Waals surface area contributed by atoms with Gasteiger partial charge in [0.15, 0.2) is 0 Å². The number of amides is 1. The van der Waals surface area contributed by atoms with Crippen LogP contribution in [0.4, 0.5) is 30.2 Å². The van der Waals surface area contributed by atoms with Crippen LogP contribution in [-0.4, -0.2) is 10.9 Å². The number of nitrogens with one attached hydrogen (secondary N) is 2. The Bertz CT molecular complexity index is 953. The van der Waals surface area contributed by atoms with Crippen molar-refractivity contribution in [2.24, 2.45) is 0 Å². The minimum Gasteiger partial charge on any atom is -0.354 e. The van der Waals surface area contributed by atoms with E-state index in [-0.39, 0.29) is 11.4 Å². The van der Waals surface area contributed by atoms with Crippen molar-refractivity contribution in [1.82, 2.24) is 4.98 Å². The van der Waals surface area contributed by atoms with Crippen molar-refractivity contribution in [3.63, 3.8) is 0 Å². The molecular formula is C20H16F3N3O. The van der Waals surface area contributed by atoms with Gasteiger partial charge in [0, 0.05) is 5.69 Å². The van der Waals surface area contributed by atoms with E-state index < -0.39 is 17.6 Å². The van der Waals surface area contributed by atoms with Gasteiger partial charge in [0.25, 0.3) is 5.91 Å². The van der Waals surface area contributed by atoms with Gasteiger partial charge in [-0.15, -0.1) is 0 Å². The number of carbonyl (C=O) groups is 1. The average molecular weight is 371 g/mol. The molecule has 0 aliphatic rings. The molecule has 138 valence electrons. The molecule has 3 aromatic rings. The quantitative estimate of drug-likeness (QED) is 0.645. The number of alkyl halides is 3. The Kier molecular flexibility index (Phi) is 5.12. The lowest BCUT2D eigenvalue weighted by Crippen LogP contribution is -2.13. The monoisotopic (exact) mass is 371 g/mol. The molecule has 27 heavy (non-hydrogen) atoms. The van der Waals surface area contributed by atoms with Crippen LogP contribution in [-0.2, 0) is 6.18 Å². The summed E-state index contributed by atoms with van der Waals surface area (Å²) in [5, 5.41) is 5.41. The van der Waals surface area contributed by atoms with Gasteiger partial charge in [0.2, 0.25) is 0 Å². The molecule has 0 atom stereocenters. The number of nitrogens with zero attached hydrogens (tertiary/aromatic N) is 1. The molecule has 0 radical (unpaired) electrons. The topological polar surface area (TPSA) is 54.0 Å². The van der Waals surface area contributed by atoms with Gasteiger partial charge in [0.05, 0.1) is 23.1 Å². The number of carbonyl (C=O) groups excluding carboxylic acids is 1. The summed E-state index contributed by atoms with van der Waals surface area (Å²) in [6.07, 6.45) is -3.15. The molecule has 1 aromatic heterocycles. The van der Waals surface area contributed by atoms with E-state index >= 15 is 0 Å². The van der Waals surface area contributed by atoms with Crippen LogP contribution in [0.2, 0.25) is 0 Å². The van der Waals surface area contributed by atoms with Crippen LogP contribution in [0, 0.1) is 6.92 Å². The lowest BCUT2D eigenvalue weighted by atomic mass is 10.1. The van der Waals surface area contributed by atoms with Gasteiger partial charge in [0.1, 0.15) is 5.69 Å². The Hall–Kier alpha value is -3.35. The number of pyridine rings is 1. The molecule has 0 saturated carbocycles. The first-order chi connectivity index (χ1) is 12.8. The third-order valence-corrected chi connectivity index (χ3v) is 3.78. The molecule has 0 fully saturated rings. The molecule has 1 amide bonds. The van der Waals surface area contributed by atoms with Crippen LogP contribution in [0.1, 0.15) is 21.6 Å². The van der Waals surface area contributed by atoms with Crippen molar-refractivity contribution in [3.8, 4) is 0 Å². The standard InChI is InChI=1S/C20H16F3N3O/c1-13-5-4-6-14(11-13)26-19(27)18-10-9-15(12-24-18)25-17-8-3-2-7-16(17)20(21,22)23/h2-12,25H,1H3,(H,26,27). The Labute approximate surface area is 154 Å². The fourth-order valence-electron chi connectivity index (χ4n) is 2.51. The van der Waals surface area contributed by atoms with E-state index in [0.29, 0.717) is 11.4 Å². The number of benzene rings is 2. The summed E-state index contributed by atoms with van der Waals surface area (Å²) in [5.74, 6) is -0.400. The van der Waals surface area contributed by atoms with E-state index in [1.165, 1.54) is 36.5 Å². The molecule has 3 rings (SSSR count). The molecule has 4 nitrogen and oxygen atoms in total. The Morgan fingerprint density at radius 3 is 2.41 bits per heavy atom. The maximum Gasteiger partial charge on any atom is 0.418 e. The van der Waals surface area contributed by atoms with E-state index in [1.54, 1.807) is 6.07 Å². The molecule has 7 heteroatoms. The molecule has 0 spiro atoms. The molecule has 0 aliphatic carbocycles. The molecular weight excluding hydrogens is 355 g/mol. The van der Waals surface area contributed by atoms with Crippen molar-refractivity contribution in [2.45, 2.75) is 13.1 Å². The predicted molar refractivity (Wildman–Crippen MR) is 98.1 cm³/mol. The van der Waals surface area contributed by atoms with Crippen LogP contribution in [0.5, 0.6) is 0 Å². The van der Waals surface area contributed by atoms with E-state index in [0.717, 1.165) is 11.6 Å². The summed E-state index contributed by atoms with van der Waals surface area (Å²) in [4.78, 5) is 16.3. The number of hydrogen-bond donors (Lipinski definition) is 2. The highest BCUT2D eigenvalue weighted by Gasteiger charge is 2.33. The largest absolute Gasteiger partial charge is 0.418 e. The molecule has 0 unspecified atom stereocenters. The third-order valence-electron chi connectivity index (χ3n) is 3.78. The number of anilines is 3. The average Bonchev–Trinajstić information content (AvgIpc) is 2.62. The fraction of sp³-hybridized carbons (Fsp3) is 0.100. The third kappa shape index (κ3) is 4.63. The number of halogens is 3. The van der Waals surface area contributed by atoms with Gasteiger partial charge >= 0.3 is 6.18 Å². The first-order valence-corrected chi connectivity index (χ1v) is 8.10. The number of rotatable bonds is 4. The summed E-state index contributed by atoms with van der Waals surface area (Å²) >= 11 is 0. The number of hydrogen-bond acceptors (Lipinski definition) is 3. The summed E-state index contributed by atoms with van der Waals surface area (Å²) < 4.78 is 39.1. The maximum absolute atomic E-state index is 13.0. The highest BCUT2D eigenvalue weighted by molar-refractivity contribution is 6.03. The fourth-order valence-corrected chi connectivity index (χ4v) is 2.51. The highest BCUT2D eigenvalue weighted by atomic mass is 19.4. The zero-order chi connectivity index (χ0) is 19.4. The normalized spacial score (nSPS) is 11.1. The summed E-state index contributed by atoms with van der Waals surface area (Å²) in [7, 11) is 0. The van der Waals surface area contributed by atoms with Crippen molar-refractivity contribution in [1.29, 1.82) is 0 Å². The molecule has 2 N–H and O–H groups in total. The molecule has 2 aromatic carbocycles. The number of aryl methyl sites for hydroxylation is 1. The minimum absolute atomic E-state index is 0.0798. The van der Waals surface area contributed by atoms with E-state index in [2.05, 4.69) is 15.6 Å². The van der Waals surface area contributed by atoms with E-state index in [1.807, 2.05) is 25.1 Å². The lowest BCUT2D eigenvalue weighted by molar-refractivity contribution is -0.136. The molecule has 0 aliphatic heterocycles. The van der Waals surface area contributed by atoms with Crippen LogP contribution < -0.4 is 10.6 Å². The van der Waals surface area contributed by atoms with E-state index in [9.17, 15) is 18.0 Å². The minimum atomic E-state index is -4.47. The van der Waals surface area contributed by atoms with Gasteiger partial charge in [-0.1, -0.05) is 24.3 Å². The van der Waals surface area contributed by atoms with Crippen molar-refractivity contribution in [3.05, 3.63) is 83.7 Å². The summed E-state index contributed by atoms with van der Waals surface area (Å²) in [5.41, 5.74) is 1.30. The maximum atomic E-state index is 13.0. The second-order valence-electron chi connectivity index (χ2n) is 5.92. The van der Waals surface area contributed by atoms with Gasteiger partial charge in [-0.3, -0.25) is 4.79 Å². The Morgan fingerprint density at radius 1 is 0.963 bits per heavy atom. The molecule has 1 heterocycles.